The molecule has 2 atom stereocenters. The van der Waals surface area contributed by atoms with Crippen molar-refractivity contribution in [3.8, 4) is 0 Å². The molecule has 17 heavy (non-hydrogen) atoms. The quantitative estimate of drug-likeness (QED) is 0.704. The van der Waals surface area contributed by atoms with E-state index in [0.717, 1.165) is 12.0 Å². The first kappa shape index (κ1) is 14.2. The highest BCUT2D eigenvalue weighted by Gasteiger charge is 2.10. The second-order valence-corrected chi connectivity index (χ2v) is 4.55. The monoisotopic (exact) mass is 237 g/mol. The molecule has 1 rings (SSSR count). The molecule has 0 heterocycles. The molecule has 3 N–H and O–H groups in total. The third-order valence-corrected chi connectivity index (χ3v) is 3.07. The standard InChI is InChI=1S/C14H23NO2/c1-4-12-7-13(6-5-10(12)2)14(17)8-15-11(3)9-16/h5-7,11,14-17H,4,8-9H2,1-3H3. The Morgan fingerprint density at radius 2 is 2.06 bits per heavy atom. The fourth-order valence-corrected chi connectivity index (χ4v) is 1.77. The molecule has 0 saturated heterocycles. The Kier molecular flexibility index (Phi) is 5.62. The first-order valence-electron chi connectivity index (χ1n) is 6.20. The minimum Gasteiger partial charge on any atom is -0.395 e. The summed E-state index contributed by atoms with van der Waals surface area (Å²) in [5, 5.41) is 22.0. The zero-order chi connectivity index (χ0) is 12.8. The lowest BCUT2D eigenvalue weighted by Gasteiger charge is -2.17. The highest BCUT2D eigenvalue weighted by molar-refractivity contribution is 5.32. The second kappa shape index (κ2) is 6.74. The third-order valence-electron chi connectivity index (χ3n) is 3.07. The summed E-state index contributed by atoms with van der Waals surface area (Å²) in [5.74, 6) is 0. The molecule has 0 radical (unpaired) electrons. The van der Waals surface area contributed by atoms with Crippen LogP contribution in [0, 0.1) is 6.92 Å². The van der Waals surface area contributed by atoms with Crippen molar-refractivity contribution in [2.75, 3.05) is 13.2 Å². The molecule has 2 unspecified atom stereocenters. The zero-order valence-corrected chi connectivity index (χ0v) is 10.9. The lowest BCUT2D eigenvalue weighted by Crippen LogP contribution is -2.32. The number of rotatable bonds is 6. The fraction of sp³-hybridized carbons (Fsp3) is 0.571. The van der Waals surface area contributed by atoms with Crippen LogP contribution in [0.3, 0.4) is 0 Å². The molecule has 1 aromatic carbocycles. The number of benzene rings is 1. The molecular formula is C14H23NO2. The van der Waals surface area contributed by atoms with Gasteiger partial charge in [0.2, 0.25) is 0 Å². The summed E-state index contributed by atoms with van der Waals surface area (Å²) in [6.45, 7) is 6.64. The van der Waals surface area contributed by atoms with Crippen LogP contribution < -0.4 is 5.32 Å². The molecule has 0 aliphatic rings. The summed E-state index contributed by atoms with van der Waals surface area (Å²) in [6.07, 6.45) is 0.460. The van der Waals surface area contributed by atoms with Crippen molar-refractivity contribution in [1.29, 1.82) is 0 Å². The van der Waals surface area contributed by atoms with E-state index >= 15 is 0 Å². The van der Waals surface area contributed by atoms with Crippen molar-refractivity contribution in [3.05, 3.63) is 34.9 Å². The molecular weight excluding hydrogens is 214 g/mol. The van der Waals surface area contributed by atoms with E-state index in [-0.39, 0.29) is 12.6 Å². The maximum absolute atomic E-state index is 10.0. The van der Waals surface area contributed by atoms with Gasteiger partial charge in [-0.3, -0.25) is 0 Å². The molecule has 0 aliphatic carbocycles. The summed E-state index contributed by atoms with van der Waals surface area (Å²) < 4.78 is 0. The van der Waals surface area contributed by atoms with Crippen molar-refractivity contribution in [2.24, 2.45) is 0 Å². The molecule has 0 bridgehead atoms. The SMILES string of the molecule is CCc1cc(C(O)CNC(C)CO)ccc1C. The summed E-state index contributed by atoms with van der Waals surface area (Å²) in [7, 11) is 0. The Hall–Kier alpha value is -0.900. The van der Waals surface area contributed by atoms with Crippen LogP contribution >= 0.6 is 0 Å². The lowest BCUT2D eigenvalue weighted by molar-refractivity contribution is 0.161. The summed E-state index contributed by atoms with van der Waals surface area (Å²) in [6, 6.07) is 6.09. The van der Waals surface area contributed by atoms with Gasteiger partial charge in [0.1, 0.15) is 0 Å². The van der Waals surface area contributed by atoms with Crippen LogP contribution in [0.25, 0.3) is 0 Å². The van der Waals surface area contributed by atoms with E-state index in [1.165, 1.54) is 11.1 Å². The van der Waals surface area contributed by atoms with Crippen LogP contribution in [-0.4, -0.2) is 29.4 Å². The molecule has 0 spiro atoms. The van der Waals surface area contributed by atoms with Crippen LogP contribution in [0.5, 0.6) is 0 Å². The number of aryl methyl sites for hydroxylation is 2. The van der Waals surface area contributed by atoms with E-state index in [2.05, 4.69) is 25.2 Å². The highest BCUT2D eigenvalue weighted by Crippen LogP contribution is 2.17. The van der Waals surface area contributed by atoms with Gasteiger partial charge in [-0.15, -0.1) is 0 Å². The van der Waals surface area contributed by atoms with Crippen molar-refractivity contribution in [2.45, 2.75) is 39.3 Å². The number of aliphatic hydroxyl groups is 2. The Labute approximate surface area is 103 Å². The van der Waals surface area contributed by atoms with Gasteiger partial charge in [0.15, 0.2) is 0 Å². The van der Waals surface area contributed by atoms with E-state index in [4.69, 9.17) is 5.11 Å². The van der Waals surface area contributed by atoms with Crippen LogP contribution in [0.2, 0.25) is 0 Å². The molecule has 1 aromatic rings. The van der Waals surface area contributed by atoms with E-state index in [9.17, 15) is 5.11 Å². The molecule has 0 aromatic heterocycles. The van der Waals surface area contributed by atoms with Gasteiger partial charge in [0.05, 0.1) is 12.7 Å². The normalized spacial score (nSPS) is 14.6. The Balaban J connectivity index is 2.65. The largest absolute Gasteiger partial charge is 0.395 e. The van der Waals surface area contributed by atoms with E-state index in [1.54, 1.807) is 0 Å². The van der Waals surface area contributed by atoms with Crippen molar-refractivity contribution in [3.63, 3.8) is 0 Å². The van der Waals surface area contributed by atoms with Crippen LogP contribution in [0.15, 0.2) is 18.2 Å². The average molecular weight is 237 g/mol. The number of nitrogens with one attached hydrogen (secondary N) is 1. The van der Waals surface area contributed by atoms with Gasteiger partial charge in [-0.05, 0) is 37.0 Å². The predicted octanol–water partition coefficient (Wildman–Crippen LogP) is 1.56. The molecule has 0 fully saturated rings. The Bertz CT molecular complexity index is 352. The number of hydrogen-bond donors (Lipinski definition) is 3. The predicted molar refractivity (Wildman–Crippen MR) is 70.1 cm³/mol. The van der Waals surface area contributed by atoms with E-state index in [1.807, 2.05) is 19.1 Å². The summed E-state index contributed by atoms with van der Waals surface area (Å²) >= 11 is 0. The highest BCUT2D eigenvalue weighted by atomic mass is 16.3. The van der Waals surface area contributed by atoms with Gasteiger partial charge < -0.3 is 15.5 Å². The fourth-order valence-electron chi connectivity index (χ4n) is 1.77. The minimum atomic E-state index is -0.519. The van der Waals surface area contributed by atoms with Crippen LogP contribution in [-0.2, 0) is 6.42 Å². The summed E-state index contributed by atoms with van der Waals surface area (Å²) in [4.78, 5) is 0. The van der Waals surface area contributed by atoms with Gasteiger partial charge in [-0.1, -0.05) is 25.1 Å². The van der Waals surface area contributed by atoms with Gasteiger partial charge in [-0.2, -0.15) is 0 Å². The maximum atomic E-state index is 10.0. The maximum Gasteiger partial charge on any atom is 0.0914 e. The van der Waals surface area contributed by atoms with Gasteiger partial charge >= 0.3 is 0 Å². The van der Waals surface area contributed by atoms with Crippen molar-refractivity contribution >= 4 is 0 Å². The van der Waals surface area contributed by atoms with Gasteiger partial charge in [0.25, 0.3) is 0 Å². The van der Waals surface area contributed by atoms with E-state index in [0.29, 0.717) is 6.54 Å². The molecule has 0 amide bonds. The first-order chi connectivity index (χ1) is 8.08. The summed E-state index contributed by atoms with van der Waals surface area (Å²) in [5.41, 5.74) is 3.47. The van der Waals surface area contributed by atoms with Crippen LogP contribution in [0.1, 0.15) is 36.6 Å². The average Bonchev–Trinajstić information content (AvgIpc) is 2.35. The second-order valence-electron chi connectivity index (χ2n) is 4.55. The topological polar surface area (TPSA) is 52.5 Å². The first-order valence-corrected chi connectivity index (χ1v) is 6.20. The Morgan fingerprint density at radius 1 is 1.35 bits per heavy atom. The lowest BCUT2D eigenvalue weighted by atomic mass is 10.00. The van der Waals surface area contributed by atoms with Crippen molar-refractivity contribution < 1.29 is 10.2 Å². The minimum absolute atomic E-state index is 0.0146. The van der Waals surface area contributed by atoms with Gasteiger partial charge in [0, 0.05) is 12.6 Å². The third kappa shape index (κ3) is 4.11. The molecule has 96 valence electrons. The van der Waals surface area contributed by atoms with Crippen LogP contribution in [0.4, 0.5) is 0 Å². The van der Waals surface area contributed by atoms with E-state index < -0.39 is 6.10 Å². The smallest absolute Gasteiger partial charge is 0.0914 e. The number of hydrogen-bond acceptors (Lipinski definition) is 3. The molecule has 3 nitrogen and oxygen atoms in total. The molecule has 0 aliphatic heterocycles. The molecule has 0 saturated carbocycles. The molecule has 3 heteroatoms. The zero-order valence-electron chi connectivity index (χ0n) is 10.9. The Morgan fingerprint density at radius 3 is 2.65 bits per heavy atom. The number of aliphatic hydroxyl groups excluding tert-OH is 2. The van der Waals surface area contributed by atoms with Crippen molar-refractivity contribution in [1.82, 2.24) is 5.32 Å². The van der Waals surface area contributed by atoms with Gasteiger partial charge in [-0.25, -0.2) is 0 Å².